The number of piperidine rings is 1. The molecule has 1 amide bonds. The summed E-state index contributed by atoms with van der Waals surface area (Å²) >= 11 is 5.83. The van der Waals surface area contributed by atoms with Crippen molar-refractivity contribution in [3.05, 3.63) is 41.2 Å². The van der Waals surface area contributed by atoms with Crippen molar-refractivity contribution in [3.63, 3.8) is 0 Å². The van der Waals surface area contributed by atoms with Crippen LogP contribution in [0, 0.1) is 6.92 Å². The third kappa shape index (κ3) is 3.62. The summed E-state index contributed by atoms with van der Waals surface area (Å²) in [5, 5.41) is 0.520. The van der Waals surface area contributed by atoms with Crippen molar-refractivity contribution in [2.75, 3.05) is 25.0 Å². The van der Waals surface area contributed by atoms with Crippen LogP contribution in [0.3, 0.4) is 0 Å². The quantitative estimate of drug-likeness (QED) is 0.845. The maximum atomic E-state index is 12.5. The van der Waals surface area contributed by atoms with Crippen LogP contribution in [-0.2, 0) is 0 Å². The number of nitrogens with zero attached hydrogens (tertiary/aromatic N) is 6. The molecule has 3 heterocycles. The van der Waals surface area contributed by atoms with Crippen LogP contribution in [-0.4, -0.2) is 56.9 Å². The molecular weight excluding hydrogens is 328 g/mol. The van der Waals surface area contributed by atoms with E-state index >= 15 is 0 Å². The molecule has 2 aromatic rings. The van der Waals surface area contributed by atoms with Crippen molar-refractivity contribution in [3.8, 4) is 0 Å². The number of aryl methyl sites for hydroxylation is 1. The number of hydrogen-bond donors (Lipinski definition) is 0. The number of rotatable bonds is 3. The van der Waals surface area contributed by atoms with Crippen LogP contribution in [0.2, 0.25) is 5.02 Å². The van der Waals surface area contributed by atoms with Gasteiger partial charge >= 0.3 is 0 Å². The van der Waals surface area contributed by atoms with Gasteiger partial charge in [0.15, 0.2) is 0 Å². The van der Waals surface area contributed by atoms with E-state index in [0.717, 1.165) is 18.5 Å². The summed E-state index contributed by atoms with van der Waals surface area (Å²) in [6.45, 7) is 3.20. The van der Waals surface area contributed by atoms with E-state index in [2.05, 4.69) is 19.9 Å². The van der Waals surface area contributed by atoms with Gasteiger partial charge in [-0.15, -0.1) is 0 Å². The van der Waals surface area contributed by atoms with Crippen LogP contribution < -0.4 is 4.90 Å². The Morgan fingerprint density at radius 1 is 1.12 bits per heavy atom. The first kappa shape index (κ1) is 16.6. The fourth-order valence-electron chi connectivity index (χ4n) is 2.77. The summed E-state index contributed by atoms with van der Waals surface area (Å²) in [7, 11) is 1.97. The van der Waals surface area contributed by atoms with Crippen LogP contribution in [0.4, 0.5) is 5.95 Å². The van der Waals surface area contributed by atoms with E-state index in [1.165, 1.54) is 6.20 Å². The fraction of sp³-hybridized carbons (Fsp3) is 0.438. The molecule has 126 valence electrons. The average Bonchev–Trinajstić information content (AvgIpc) is 2.62. The summed E-state index contributed by atoms with van der Waals surface area (Å²) in [5.41, 5.74) is 1.20. The van der Waals surface area contributed by atoms with Gasteiger partial charge in [-0.05, 0) is 19.8 Å². The number of carbonyl (C=O) groups excluding carboxylic acids is 1. The molecule has 1 saturated heterocycles. The van der Waals surface area contributed by atoms with Crippen molar-refractivity contribution in [2.24, 2.45) is 0 Å². The minimum Gasteiger partial charge on any atom is -0.341 e. The van der Waals surface area contributed by atoms with Crippen LogP contribution in [0.1, 0.15) is 29.0 Å². The zero-order valence-electron chi connectivity index (χ0n) is 13.7. The van der Waals surface area contributed by atoms with E-state index in [1.54, 1.807) is 18.6 Å². The zero-order chi connectivity index (χ0) is 17.1. The summed E-state index contributed by atoms with van der Waals surface area (Å²) in [6.07, 6.45) is 8.05. The summed E-state index contributed by atoms with van der Waals surface area (Å²) in [6, 6.07) is 0.291. The maximum Gasteiger partial charge on any atom is 0.274 e. The molecule has 3 rings (SSSR count). The Hall–Kier alpha value is -2.28. The predicted molar refractivity (Wildman–Crippen MR) is 91.1 cm³/mol. The molecule has 1 fully saturated rings. The Balaban J connectivity index is 1.60. The molecule has 0 aromatic carbocycles. The normalized spacial score (nSPS) is 15.4. The van der Waals surface area contributed by atoms with E-state index < -0.39 is 0 Å². The van der Waals surface area contributed by atoms with Crippen molar-refractivity contribution >= 4 is 23.5 Å². The highest BCUT2D eigenvalue weighted by Crippen LogP contribution is 2.20. The molecule has 0 spiro atoms. The molecule has 0 atom stereocenters. The van der Waals surface area contributed by atoms with Gasteiger partial charge in [0.25, 0.3) is 5.91 Å². The summed E-state index contributed by atoms with van der Waals surface area (Å²) in [4.78, 5) is 33.1. The monoisotopic (exact) mass is 346 g/mol. The second-order valence-electron chi connectivity index (χ2n) is 5.88. The van der Waals surface area contributed by atoms with Crippen LogP contribution in [0.25, 0.3) is 0 Å². The molecule has 2 aromatic heterocycles. The first-order valence-electron chi connectivity index (χ1n) is 7.83. The van der Waals surface area contributed by atoms with Crippen molar-refractivity contribution < 1.29 is 4.79 Å². The third-order valence-corrected chi connectivity index (χ3v) is 4.42. The van der Waals surface area contributed by atoms with Gasteiger partial charge in [-0.3, -0.25) is 9.78 Å². The molecule has 1 aliphatic rings. The van der Waals surface area contributed by atoms with Crippen LogP contribution in [0.15, 0.2) is 24.8 Å². The van der Waals surface area contributed by atoms with Crippen molar-refractivity contribution in [1.82, 2.24) is 24.8 Å². The predicted octanol–water partition coefficient (Wildman–Crippen LogP) is 1.97. The first-order chi connectivity index (χ1) is 11.5. The number of halogens is 1. The molecule has 0 saturated carbocycles. The average molecular weight is 347 g/mol. The van der Waals surface area contributed by atoms with E-state index in [1.807, 2.05) is 23.8 Å². The molecular formula is C16H19ClN6O. The van der Waals surface area contributed by atoms with E-state index in [4.69, 9.17) is 11.6 Å². The van der Waals surface area contributed by atoms with E-state index in [-0.39, 0.29) is 5.91 Å². The number of aromatic nitrogens is 4. The van der Waals surface area contributed by atoms with Gasteiger partial charge in [0.05, 0.1) is 29.3 Å². The van der Waals surface area contributed by atoms with Gasteiger partial charge < -0.3 is 9.80 Å². The van der Waals surface area contributed by atoms with E-state index in [0.29, 0.717) is 35.8 Å². The molecule has 0 unspecified atom stereocenters. The molecule has 0 N–H and O–H groups in total. The lowest BCUT2D eigenvalue weighted by molar-refractivity contribution is 0.0706. The minimum atomic E-state index is -0.0636. The second kappa shape index (κ2) is 7.09. The Morgan fingerprint density at radius 2 is 1.79 bits per heavy atom. The third-order valence-electron chi connectivity index (χ3n) is 4.22. The molecule has 0 radical (unpaired) electrons. The molecule has 1 aliphatic heterocycles. The standard InChI is InChI=1S/C16H19ClN6O/c1-11-7-19-14(10-18-11)15(24)23-5-3-13(4-6-23)22(2)16-20-8-12(17)9-21-16/h7-10,13H,3-6H2,1-2H3. The van der Waals surface area contributed by atoms with Gasteiger partial charge in [-0.2, -0.15) is 0 Å². The number of carbonyl (C=O) groups is 1. The molecule has 24 heavy (non-hydrogen) atoms. The highest BCUT2D eigenvalue weighted by atomic mass is 35.5. The first-order valence-corrected chi connectivity index (χ1v) is 8.20. The zero-order valence-corrected chi connectivity index (χ0v) is 14.4. The van der Waals surface area contributed by atoms with Crippen LogP contribution in [0.5, 0.6) is 0 Å². The highest BCUT2D eigenvalue weighted by molar-refractivity contribution is 6.30. The smallest absolute Gasteiger partial charge is 0.274 e. The topological polar surface area (TPSA) is 75.1 Å². The van der Waals surface area contributed by atoms with Gasteiger partial charge in [0.2, 0.25) is 5.95 Å². The highest BCUT2D eigenvalue weighted by Gasteiger charge is 2.27. The van der Waals surface area contributed by atoms with Crippen molar-refractivity contribution in [1.29, 1.82) is 0 Å². The lowest BCUT2D eigenvalue weighted by Gasteiger charge is -2.36. The molecule has 0 bridgehead atoms. The number of hydrogen-bond acceptors (Lipinski definition) is 6. The summed E-state index contributed by atoms with van der Waals surface area (Å²) in [5.74, 6) is 0.583. The van der Waals surface area contributed by atoms with Gasteiger partial charge in [0, 0.05) is 32.4 Å². The number of anilines is 1. The Kier molecular flexibility index (Phi) is 4.89. The number of likely N-dealkylation sites (tertiary alicyclic amines) is 1. The lowest BCUT2D eigenvalue weighted by atomic mass is 10.0. The summed E-state index contributed by atoms with van der Waals surface area (Å²) < 4.78 is 0. The van der Waals surface area contributed by atoms with Gasteiger partial charge in [0.1, 0.15) is 5.69 Å². The lowest BCUT2D eigenvalue weighted by Crippen LogP contribution is -2.46. The molecule has 8 heteroatoms. The van der Waals surface area contributed by atoms with Crippen molar-refractivity contribution in [2.45, 2.75) is 25.8 Å². The largest absolute Gasteiger partial charge is 0.341 e. The molecule has 0 aliphatic carbocycles. The maximum absolute atomic E-state index is 12.5. The minimum absolute atomic E-state index is 0.0636. The second-order valence-corrected chi connectivity index (χ2v) is 6.32. The van der Waals surface area contributed by atoms with Gasteiger partial charge in [-0.1, -0.05) is 11.6 Å². The fourth-order valence-corrected chi connectivity index (χ4v) is 2.87. The number of amides is 1. The van der Waals surface area contributed by atoms with E-state index in [9.17, 15) is 4.79 Å². The SMILES string of the molecule is Cc1cnc(C(=O)N2CCC(N(C)c3ncc(Cl)cn3)CC2)cn1. The Labute approximate surface area is 145 Å². The Bertz CT molecular complexity index is 698. The Morgan fingerprint density at radius 3 is 2.38 bits per heavy atom. The van der Waals surface area contributed by atoms with Gasteiger partial charge in [-0.25, -0.2) is 15.0 Å². The molecule has 7 nitrogen and oxygen atoms in total. The van der Waals surface area contributed by atoms with Crippen LogP contribution >= 0.6 is 11.6 Å².